The molecule has 1 heterocycles. The number of rotatable bonds is 24. The largest absolute Gasteiger partial charge is 1.00 e. The number of carboxylic acids is 2. The first-order valence-electron chi connectivity index (χ1n) is 26.8. The molecule has 1 aliphatic heterocycles. The number of amides is 7. The molecule has 0 unspecified atom stereocenters. The van der Waals surface area contributed by atoms with E-state index in [1.165, 1.54) is 0 Å². The fraction of sp³-hybridized carbons (Fsp3) is 0.811. The number of carbonyl (C=O) groups excluding carboxylic acids is 10. The quantitative estimate of drug-likeness (QED) is 0.0280. The molecule has 0 spiro atoms. The zero-order chi connectivity index (χ0) is 55.5. The first-order chi connectivity index (χ1) is 34.1. The summed E-state index contributed by atoms with van der Waals surface area (Å²) in [4.78, 5) is 136. The van der Waals surface area contributed by atoms with Gasteiger partial charge < -0.3 is 61.8 Å². The van der Waals surface area contributed by atoms with Gasteiger partial charge in [0.25, 0.3) is 0 Å². The van der Waals surface area contributed by atoms with Gasteiger partial charge in [0.2, 0.25) is 41.4 Å². The van der Waals surface area contributed by atoms with Gasteiger partial charge in [-0.05, 0) is 86.9 Å². The second kappa shape index (κ2) is 39.1. The first kappa shape index (κ1) is 73.8. The van der Waals surface area contributed by atoms with Crippen molar-refractivity contribution in [1.82, 2.24) is 37.2 Å². The van der Waals surface area contributed by atoms with E-state index in [0.717, 1.165) is 44.9 Å². The van der Waals surface area contributed by atoms with E-state index in [9.17, 15) is 58.2 Å². The molecule has 0 bridgehead atoms. The second-order valence-electron chi connectivity index (χ2n) is 22.4. The van der Waals surface area contributed by atoms with E-state index in [1.54, 1.807) is 55.4 Å². The Bertz CT molecular complexity index is 1820. The Kier molecular flexibility index (Phi) is 38.5. The van der Waals surface area contributed by atoms with Crippen molar-refractivity contribution in [1.29, 1.82) is 0 Å². The molecule has 8 atom stereocenters. The van der Waals surface area contributed by atoms with E-state index in [-0.39, 0.29) is 115 Å². The molecule has 7 amide bonds. The third-order valence-corrected chi connectivity index (χ3v) is 12.4. The van der Waals surface area contributed by atoms with Gasteiger partial charge in [-0.3, -0.25) is 33.6 Å². The van der Waals surface area contributed by atoms with Gasteiger partial charge in [-0.15, -0.1) is 0 Å². The molecular weight excluding hydrogens is 989 g/mol. The monoisotopic (exact) mass is 1080 g/mol. The molecule has 0 radical (unpaired) electrons. The van der Waals surface area contributed by atoms with E-state index in [0.29, 0.717) is 12.3 Å². The van der Waals surface area contributed by atoms with Crippen LogP contribution >= 0.6 is 0 Å². The first-order valence-corrected chi connectivity index (χ1v) is 26.8. The number of aliphatic carboxylic acids is 2. The Morgan fingerprint density at radius 3 is 1.27 bits per heavy atom. The number of ether oxygens (including phenoxy) is 1. The van der Waals surface area contributed by atoms with Gasteiger partial charge in [0.15, 0.2) is 0 Å². The zero-order valence-electron chi connectivity index (χ0n) is 47.9. The molecule has 1 fully saturated rings. The van der Waals surface area contributed by atoms with Crippen LogP contribution in [0.15, 0.2) is 0 Å². The summed E-state index contributed by atoms with van der Waals surface area (Å²) in [6.07, 6.45) is 4.54. The molecule has 1 aliphatic rings. The maximum Gasteiger partial charge on any atom is 1.00 e. The van der Waals surface area contributed by atoms with E-state index in [2.05, 4.69) is 51.1 Å². The maximum atomic E-state index is 14.2. The standard InChI is InChI=1S/C53H93N7O13.2Na/c1-30(2)20-18-16-14-13-15-17-19-21-36-28-43(61)54-37(22-23-44(62)63)47(66)55-38(24-31(3)4)48(67)57-40(26-33(7)8)51(70)60-46(35(11)12)52(71)58-41(29-45(64)65)50(69)56-39(25-32(5)6)49(68)59-42(27-34(9)10)53(72)73-36;;/h30-42,46H,13-29H2,1-12H3,(H,54,61)(H,55,66)(H,56,69)(H,57,67)(H,58,71)(H,59,68)(H,60,70)(H,62,63)(H,64,65);;/q;2*+1/p-2/t36-,37+,38+,39-,40-,41+,42+,46+;;/m1../s1. The van der Waals surface area contributed by atoms with Crippen molar-refractivity contribution in [3.8, 4) is 0 Å². The minimum Gasteiger partial charge on any atom is -0.550 e. The molecule has 1 rings (SSSR count). The molecule has 1 saturated heterocycles. The van der Waals surface area contributed by atoms with Gasteiger partial charge in [0.1, 0.15) is 48.4 Å². The third-order valence-electron chi connectivity index (χ3n) is 12.4. The van der Waals surface area contributed by atoms with Crippen LogP contribution in [0, 0.1) is 35.5 Å². The summed E-state index contributed by atoms with van der Waals surface area (Å²) < 4.78 is 6.02. The van der Waals surface area contributed by atoms with Crippen molar-refractivity contribution in [3.05, 3.63) is 0 Å². The van der Waals surface area contributed by atoms with Crippen LogP contribution in [0.25, 0.3) is 0 Å². The van der Waals surface area contributed by atoms with Crippen LogP contribution in [0.5, 0.6) is 0 Å². The number of unbranched alkanes of at least 4 members (excludes halogenated alkanes) is 6. The van der Waals surface area contributed by atoms with Crippen molar-refractivity contribution >= 4 is 59.3 Å². The molecule has 7 N–H and O–H groups in total. The van der Waals surface area contributed by atoms with Gasteiger partial charge in [0, 0.05) is 18.4 Å². The normalized spacial score (nSPS) is 23.4. The molecule has 0 aromatic carbocycles. The van der Waals surface area contributed by atoms with Crippen LogP contribution < -0.4 is 107 Å². The van der Waals surface area contributed by atoms with E-state index < -0.39 is 139 Å². The van der Waals surface area contributed by atoms with Gasteiger partial charge in [-0.1, -0.05) is 128 Å². The van der Waals surface area contributed by atoms with E-state index in [4.69, 9.17) is 4.74 Å². The van der Waals surface area contributed by atoms with E-state index in [1.807, 2.05) is 13.8 Å². The number of carbonyl (C=O) groups is 10. The summed E-state index contributed by atoms with van der Waals surface area (Å²) in [6.45, 7) is 21.9. The SMILES string of the molecule is CC(C)CCCCCCCCC[C@@H]1CC(=O)N[C@@H](CCC(=O)[O-])C(=O)N[C@@H](CC(C)C)C(=O)N[C@H](CC(C)C)C(=O)N[C@@H](C(C)C)C(=O)N[C@@H](CC(=O)[O-])C(=O)N[C@H](CC(C)C)C(=O)N[C@@H](CC(C)C)C(=O)O1.[Na+].[Na+]. The van der Waals surface area contributed by atoms with Crippen molar-refractivity contribution in [2.45, 2.75) is 241 Å². The Labute approximate surface area is 491 Å². The predicted molar refractivity (Wildman–Crippen MR) is 271 cm³/mol. The molecule has 418 valence electrons. The van der Waals surface area contributed by atoms with Crippen LogP contribution in [0.4, 0.5) is 0 Å². The third kappa shape index (κ3) is 32.3. The Balaban J connectivity index is 0. The number of hydrogen-bond acceptors (Lipinski definition) is 13. The average molecular weight is 1080 g/mol. The van der Waals surface area contributed by atoms with Gasteiger partial charge in [-0.25, -0.2) is 4.79 Å². The van der Waals surface area contributed by atoms with Crippen molar-refractivity contribution in [2.24, 2.45) is 35.5 Å². The molecule has 0 aliphatic carbocycles. The summed E-state index contributed by atoms with van der Waals surface area (Å²) in [7, 11) is 0. The number of nitrogens with one attached hydrogen (secondary N) is 7. The van der Waals surface area contributed by atoms with Crippen molar-refractivity contribution in [3.63, 3.8) is 0 Å². The maximum absolute atomic E-state index is 14.2. The van der Waals surface area contributed by atoms with Crippen LogP contribution in [0.1, 0.15) is 192 Å². The van der Waals surface area contributed by atoms with Gasteiger partial charge >= 0.3 is 65.1 Å². The van der Waals surface area contributed by atoms with E-state index >= 15 is 0 Å². The summed E-state index contributed by atoms with van der Waals surface area (Å²) >= 11 is 0. The van der Waals surface area contributed by atoms with Crippen molar-refractivity contribution in [2.75, 3.05) is 0 Å². The molecular formula is C53H91N7Na2O13. The summed E-state index contributed by atoms with van der Waals surface area (Å²) in [6, 6.07) is -9.86. The number of hydrogen-bond donors (Lipinski definition) is 7. The van der Waals surface area contributed by atoms with Crippen LogP contribution in [-0.2, 0) is 52.7 Å². The summed E-state index contributed by atoms with van der Waals surface area (Å²) in [5.74, 6) is -10.9. The molecule has 22 heteroatoms. The minimum atomic E-state index is -1.79. The minimum absolute atomic E-state index is 0. The van der Waals surface area contributed by atoms with Gasteiger partial charge in [-0.2, -0.15) is 0 Å². The topological polar surface area (TPSA) is 310 Å². The Hall–Kier alpha value is -3.30. The molecule has 0 aromatic heterocycles. The molecule has 75 heavy (non-hydrogen) atoms. The number of cyclic esters (lactones) is 1. The summed E-state index contributed by atoms with van der Waals surface area (Å²) in [5.41, 5.74) is 0. The van der Waals surface area contributed by atoms with Crippen LogP contribution in [-0.4, -0.2) is 108 Å². The van der Waals surface area contributed by atoms with Crippen LogP contribution in [0.2, 0.25) is 0 Å². The fourth-order valence-electron chi connectivity index (χ4n) is 8.56. The molecule has 0 aromatic rings. The second-order valence-corrected chi connectivity index (χ2v) is 22.4. The van der Waals surface area contributed by atoms with Gasteiger partial charge in [0.05, 0.1) is 6.42 Å². The Morgan fingerprint density at radius 2 is 0.840 bits per heavy atom. The smallest absolute Gasteiger partial charge is 0.550 e. The number of esters is 1. The average Bonchev–Trinajstić information content (AvgIpc) is 3.26. The fourth-order valence-corrected chi connectivity index (χ4v) is 8.56. The summed E-state index contributed by atoms with van der Waals surface area (Å²) in [5, 5.41) is 41.9. The zero-order valence-corrected chi connectivity index (χ0v) is 51.9. The van der Waals surface area contributed by atoms with Crippen LogP contribution in [0.3, 0.4) is 0 Å². The molecule has 0 saturated carbocycles. The molecule has 20 nitrogen and oxygen atoms in total. The Morgan fingerprint density at radius 1 is 0.453 bits per heavy atom. The number of carboxylic acid groups (broad SMARTS) is 2. The van der Waals surface area contributed by atoms with Crippen molar-refractivity contribution < 1.29 is 122 Å². The predicted octanol–water partition coefficient (Wildman–Crippen LogP) is -3.62.